The molecule has 0 bridgehead atoms. The number of hydrogen-bond acceptors (Lipinski definition) is 6. The number of nitrogen functional groups attached to an aromatic ring is 1. The van der Waals surface area contributed by atoms with Crippen LogP contribution in [0.4, 0.5) is 5.82 Å². The third-order valence-electron chi connectivity index (χ3n) is 6.67. The maximum atomic E-state index is 13.4. The van der Waals surface area contributed by atoms with Crippen molar-refractivity contribution in [3.05, 3.63) is 114 Å². The first-order valence-corrected chi connectivity index (χ1v) is 15.1. The smallest absolute Gasteiger partial charge is 0.253 e. The molecule has 10 heteroatoms. The van der Waals surface area contributed by atoms with E-state index in [4.69, 9.17) is 5.84 Å². The third-order valence-corrected chi connectivity index (χ3v) is 9.17. The summed E-state index contributed by atoms with van der Waals surface area (Å²) in [6, 6.07) is 30.7. The summed E-state index contributed by atoms with van der Waals surface area (Å²) < 4.78 is 0. The lowest BCUT2D eigenvalue weighted by Crippen LogP contribution is -2.45. The average Bonchev–Trinajstić information content (AvgIpc) is 3.05. The molecule has 0 spiro atoms. The van der Waals surface area contributed by atoms with Crippen molar-refractivity contribution in [2.24, 2.45) is 5.84 Å². The predicted octanol–water partition coefficient (Wildman–Crippen LogP) is 2.57. The lowest BCUT2D eigenvalue weighted by Gasteiger charge is -2.22. The summed E-state index contributed by atoms with van der Waals surface area (Å²) in [6.45, 7) is 0.438. The van der Waals surface area contributed by atoms with Gasteiger partial charge in [-0.3, -0.25) is 14.4 Å². The molecule has 0 saturated carbocycles. The van der Waals surface area contributed by atoms with E-state index in [1.807, 2.05) is 60.7 Å². The fourth-order valence-corrected chi connectivity index (χ4v) is 6.96. The van der Waals surface area contributed by atoms with Gasteiger partial charge in [-0.05, 0) is 61.3 Å². The van der Waals surface area contributed by atoms with Crippen LogP contribution in [0.5, 0.6) is 0 Å². The number of amides is 3. The number of hydrazine groups is 1. The number of nitrogens with one attached hydrogen (secondary N) is 4. The van der Waals surface area contributed by atoms with Crippen LogP contribution in [0.3, 0.4) is 0 Å². The monoisotopic (exact) mass is 582 g/mol. The van der Waals surface area contributed by atoms with Gasteiger partial charge >= 0.3 is 0 Å². The van der Waals surface area contributed by atoms with Crippen molar-refractivity contribution in [1.29, 1.82) is 0 Å². The summed E-state index contributed by atoms with van der Waals surface area (Å²) in [7, 11) is 0.600. The molecular formula is C32H35N6O3P. The van der Waals surface area contributed by atoms with Crippen LogP contribution in [0.2, 0.25) is 0 Å². The number of nitrogens with two attached hydrogens (primary N) is 1. The fourth-order valence-electron chi connectivity index (χ4n) is 4.51. The lowest BCUT2D eigenvalue weighted by molar-refractivity contribution is -0.122. The van der Waals surface area contributed by atoms with Crippen LogP contribution in [-0.4, -0.2) is 42.3 Å². The Morgan fingerprint density at radius 3 is 2.05 bits per heavy atom. The molecule has 4 rings (SSSR count). The van der Waals surface area contributed by atoms with Crippen molar-refractivity contribution in [2.75, 3.05) is 19.0 Å². The number of carbonyl (C=O) groups excluding carboxylic acids is 3. The molecule has 1 heterocycles. The second-order valence-electron chi connectivity index (χ2n) is 9.49. The van der Waals surface area contributed by atoms with Crippen LogP contribution in [-0.2, 0) is 4.79 Å². The molecule has 0 saturated heterocycles. The Bertz CT molecular complexity index is 1430. The molecule has 1 unspecified atom stereocenters. The highest BCUT2D eigenvalue weighted by Crippen LogP contribution is 2.34. The maximum absolute atomic E-state index is 13.4. The van der Waals surface area contributed by atoms with Crippen LogP contribution >= 0.6 is 7.92 Å². The van der Waals surface area contributed by atoms with Crippen molar-refractivity contribution in [3.63, 3.8) is 0 Å². The zero-order chi connectivity index (χ0) is 29.7. The SMILES string of the molecule is CNC(=O)C(CCCCNC(=O)c1ccccc1P(c1ccccc1)c1ccccc1)NC(=O)c1ccc(NN)nc1. The molecule has 42 heavy (non-hydrogen) atoms. The van der Waals surface area contributed by atoms with Gasteiger partial charge in [0.15, 0.2) is 0 Å². The van der Waals surface area contributed by atoms with Crippen molar-refractivity contribution in [2.45, 2.75) is 25.3 Å². The highest BCUT2D eigenvalue weighted by atomic mass is 31.1. The van der Waals surface area contributed by atoms with Gasteiger partial charge in [-0.1, -0.05) is 78.9 Å². The van der Waals surface area contributed by atoms with Gasteiger partial charge < -0.3 is 21.4 Å². The van der Waals surface area contributed by atoms with E-state index < -0.39 is 19.9 Å². The van der Waals surface area contributed by atoms with Crippen molar-refractivity contribution >= 4 is 47.4 Å². The van der Waals surface area contributed by atoms with Gasteiger partial charge in [0.1, 0.15) is 11.9 Å². The van der Waals surface area contributed by atoms with Gasteiger partial charge in [0.05, 0.1) is 5.56 Å². The fraction of sp³-hybridized carbons (Fsp3) is 0.188. The minimum Gasteiger partial charge on any atom is -0.357 e. The van der Waals surface area contributed by atoms with Crippen molar-refractivity contribution in [3.8, 4) is 0 Å². The van der Waals surface area contributed by atoms with Gasteiger partial charge in [-0.2, -0.15) is 0 Å². The largest absolute Gasteiger partial charge is 0.357 e. The Kier molecular flexibility index (Phi) is 11.2. The number of anilines is 1. The molecule has 9 nitrogen and oxygen atoms in total. The van der Waals surface area contributed by atoms with Gasteiger partial charge in [0, 0.05) is 25.4 Å². The lowest BCUT2D eigenvalue weighted by atomic mass is 10.1. The summed E-state index contributed by atoms with van der Waals surface area (Å²) in [4.78, 5) is 42.5. The molecule has 0 aliphatic rings. The van der Waals surface area contributed by atoms with E-state index in [0.29, 0.717) is 42.8 Å². The van der Waals surface area contributed by atoms with Crippen LogP contribution in [0, 0.1) is 0 Å². The Hall–Kier alpha value is -4.59. The number of carbonyl (C=O) groups is 3. The second-order valence-corrected chi connectivity index (χ2v) is 11.7. The Morgan fingerprint density at radius 1 is 0.810 bits per heavy atom. The van der Waals surface area contributed by atoms with E-state index in [1.54, 1.807) is 12.1 Å². The minimum absolute atomic E-state index is 0.135. The number of unbranched alkanes of at least 4 members (excludes halogenated alkanes) is 1. The highest BCUT2D eigenvalue weighted by Gasteiger charge is 2.23. The number of rotatable bonds is 13. The quantitative estimate of drug-likeness (QED) is 0.0711. The molecule has 0 aliphatic carbocycles. The Labute approximate surface area is 247 Å². The van der Waals surface area contributed by atoms with E-state index >= 15 is 0 Å². The van der Waals surface area contributed by atoms with Crippen molar-refractivity contribution in [1.82, 2.24) is 20.9 Å². The number of likely N-dealkylation sites (N-methyl/N-ethyl adjacent to an activating group) is 1. The topological polar surface area (TPSA) is 138 Å². The summed E-state index contributed by atoms with van der Waals surface area (Å²) in [6.07, 6.45) is 3.07. The Balaban J connectivity index is 1.37. The van der Waals surface area contributed by atoms with Gasteiger partial charge in [0.2, 0.25) is 5.91 Å². The minimum atomic E-state index is -0.929. The molecule has 0 fully saturated rings. The molecular weight excluding hydrogens is 547 g/mol. The molecule has 3 amide bonds. The van der Waals surface area contributed by atoms with E-state index in [2.05, 4.69) is 50.6 Å². The molecule has 216 valence electrons. The summed E-state index contributed by atoms with van der Waals surface area (Å²) in [5.41, 5.74) is 3.38. The molecule has 0 radical (unpaired) electrons. The number of aromatic nitrogens is 1. The number of pyridine rings is 1. The first-order chi connectivity index (χ1) is 20.5. The first-order valence-electron chi connectivity index (χ1n) is 13.7. The average molecular weight is 583 g/mol. The molecule has 1 atom stereocenters. The van der Waals surface area contributed by atoms with Crippen LogP contribution in [0.15, 0.2) is 103 Å². The zero-order valence-electron chi connectivity index (χ0n) is 23.4. The Morgan fingerprint density at radius 2 is 1.45 bits per heavy atom. The van der Waals surface area contributed by atoms with Gasteiger partial charge in [-0.15, -0.1) is 0 Å². The predicted molar refractivity (Wildman–Crippen MR) is 169 cm³/mol. The van der Waals surface area contributed by atoms with Gasteiger partial charge in [-0.25, -0.2) is 10.8 Å². The normalized spacial score (nSPS) is 11.4. The number of nitrogens with zero attached hydrogens (tertiary/aromatic N) is 1. The maximum Gasteiger partial charge on any atom is 0.253 e. The standard InChI is InChI=1S/C32H35N6O3P/c1-34-32(41)27(37-30(39)23-19-20-29(38-33)36-22-23)17-10-11-21-35-31(40)26-16-8-9-18-28(26)42(24-12-4-2-5-13-24)25-14-6-3-7-15-25/h2-9,12-16,18-20,22,27H,10-11,17,21,33H2,1H3,(H,34,41)(H,35,40)(H,36,38)(H,37,39). The third kappa shape index (κ3) is 8.00. The molecule has 3 aromatic carbocycles. The summed E-state index contributed by atoms with van der Waals surface area (Å²) in [5, 5.41) is 11.8. The van der Waals surface area contributed by atoms with Crippen molar-refractivity contribution < 1.29 is 14.4 Å². The van der Waals surface area contributed by atoms with Crippen LogP contribution < -0.4 is 43.1 Å². The number of hydrogen-bond donors (Lipinski definition) is 5. The first kappa shape index (κ1) is 30.4. The van der Waals surface area contributed by atoms with E-state index in [9.17, 15) is 14.4 Å². The molecule has 0 aliphatic heterocycles. The molecule has 6 N–H and O–H groups in total. The summed E-state index contributed by atoms with van der Waals surface area (Å²) >= 11 is 0. The van der Waals surface area contributed by atoms with E-state index in [0.717, 1.165) is 5.30 Å². The second kappa shape index (κ2) is 15.4. The van der Waals surface area contributed by atoms with Gasteiger partial charge in [0.25, 0.3) is 11.8 Å². The van der Waals surface area contributed by atoms with E-state index in [1.165, 1.54) is 23.9 Å². The number of benzene rings is 3. The van der Waals surface area contributed by atoms with Crippen LogP contribution in [0.25, 0.3) is 0 Å². The molecule has 4 aromatic rings. The summed E-state index contributed by atoms with van der Waals surface area (Å²) in [5.74, 6) is 4.92. The highest BCUT2D eigenvalue weighted by molar-refractivity contribution is 7.80. The zero-order valence-corrected chi connectivity index (χ0v) is 24.3. The van der Waals surface area contributed by atoms with E-state index in [-0.39, 0.29) is 11.8 Å². The van der Waals surface area contributed by atoms with Crippen LogP contribution in [0.1, 0.15) is 40.0 Å². The molecule has 1 aromatic heterocycles.